The molecule has 164 valence electrons. The van der Waals surface area contributed by atoms with E-state index in [-0.39, 0.29) is 5.84 Å². The van der Waals surface area contributed by atoms with Gasteiger partial charge in [-0.05, 0) is 56.3 Å². The van der Waals surface area contributed by atoms with Gasteiger partial charge in [-0.2, -0.15) is 5.10 Å². The number of aromatic nitrogens is 4. The van der Waals surface area contributed by atoms with Crippen LogP contribution in [0.4, 0.5) is 5.69 Å². The van der Waals surface area contributed by atoms with Gasteiger partial charge in [0.1, 0.15) is 11.7 Å². The molecule has 5 N–H and O–H groups in total. The first-order valence-corrected chi connectivity index (χ1v) is 10.8. The van der Waals surface area contributed by atoms with Crippen molar-refractivity contribution in [3.05, 3.63) is 95.4 Å². The molecule has 0 aliphatic rings. The number of imidazole rings is 1. The number of anilines is 1. The van der Waals surface area contributed by atoms with Crippen molar-refractivity contribution in [2.45, 2.75) is 20.4 Å². The number of nitrogens with zero attached hydrogens (tertiary/aromatic N) is 3. The normalized spacial score (nSPS) is 11.1. The van der Waals surface area contributed by atoms with E-state index >= 15 is 0 Å². The van der Waals surface area contributed by atoms with Crippen molar-refractivity contribution in [3.8, 4) is 16.9 Å². The van der Waals surface area contributed by atoms with E-state index < -0.39 is 0 Å². The van der Waals surface area contributed by atoms with Gasteiger partial charge >= 0.3 is 0 Å². The molecule has 7 heteroatoms. The van der Waals surface area contributed by atoms with Crippen LogP contribution in [0.1, 0.15) is 22.6 Å². The van der Waals surface area contributed by atoms with Crippen LogP contribution in [0.2, 0.25) is 0 Å². The first kappa shape index (κ1) is 20.5. The molecule has 0 aliphatic carbocycles. The summed E-state index contributed by atoms with van der Waals surface area (Å²) < 4.78 is 2.00. The second-order valence-corrected chi connectivity index (χ2v) is 8.08. The Balaban J connectivity index is 1.45. The Morgan fingerprint density at radius 2 is 1.79 bits per heavy atom. The molecule has 0 bridgehead atoms. The van der Waals surface area contributed by atoms with Crippen LogP contribution in [0, 0.1) is 19.3 Å². The largest absolute Gasteiger partial charge is 0.384 e. The number of hydrogen-bond acceptors (Lipinski definition) is 4. The summed E-state index contributed by atoms with van der Waals surface area (Å²) >= 11 is 0. The van der Waals surface area contributed by atoms with Gasteiger partial charge in [0, 0.05) is 22.4 Å². The van der Waals surface area contributed by atoms with Gasteiger partial charge in [0.2, 0.25) is 0 Å². The minimum Gasteiger partial charge on any atom is -0.384 e. The lowest BCUT2D eigenvalue weighted by Gasteiger charge is -2.11. The fourth-order valence-electron chi connectivity index (χ4n) is 4.02. The van der Waals surface area contributed by atoms with Crippen LogP contribution in [0.25, 0.3) is 28.0 Å². The lowest BCUT2D eigenvalue weighted by molar-refractivity contribution is 0.864. The summed E-state index contributed by atoms with van der Waals surface area (Å²) in [6.45, 7) is 4.65. The average Bonchev–Trinajstić information content (AvgIpc) is 3.42. The number of rotatable bonds is 6. The summed E-state index contributed by atoms with van der Waals surface area (Å²) in [4.78, 5) is 8.26. The Bertz CT molecular complexity index is 1440. The Morgan fingerprint density at radius 3 is 2.52 bits per heavy atom. The van der Waals surface area contributed by atoms with Gasteiger partial charge < -0.3 is 16.0 Å². The molecule has 2 aromatic heterocycles. The Kier molecular flexibility index (Phi) is 5.14. The standard InChI is InChI=1S/C26H25N7/c1-16-14-23(18-6-4-3-5-7-18)33(32-16)22-13-12-21-25(17(22)2)31-24(30-21)15-29-20-10-8-19(9-11-20)26(27)28/h3-14,29H,15H2,1-2H3,(H3,27,28)(H,30,31). The summed E-state index contributed by atoms with van der Waals surface area (Å²) in [6.07, 6.45) is 0. The second-order valence-electron chi connectivity index (χ2n) is 8.08. The highest BCUT2D eigenvalue weighted by Gasteiger charge is 2.15. The maximum absolute atomic E-state index is 7.50. The first-order chi connectivity index (χ1) is 16.0. The predicted octanol–water partition coefficient (Wildman–Crippen LogP) is 4.93. The monoisotopic (exact) mass is 435 g/mol. The number of nitrogen functional groups attached to an aromatic ring is 1. The Morgan fingerprint density at radius 1 is 1.03 bits per heavy atom. The van der Waals surface area contributed by atoms with E-state index in [9.17, 15) is 0 Å². The number of hydrogen-bond donors (Lipinski definition) is 4. The molecular weight excluding hydrogens is 410 g/mol. The fraction of sp³-hybridized carbons (Fsp3) is 0.115. The van der Waals surface area contributed by atoms with Crippen molar-refractivity contribution in [2.75, 3.05) is 5.32 Å². The van der Waals surface area contributed by atoms with Gasteiger partial charge in [-0.3, -0.25) is 5.41 Å². The van der Waals surface area contributed by atoms with Crippen molar-refractivity contribution in [1.29, 1.82) is 5.41 Å². The van der Waals surface area contributed by atoms with E-state index in [1.807, 2.05) is 54.1 Å². The summed E-state index contributed by atoms with van der Waals surface area (Å²) in [5.41, 5.74) is 14.3. The molecular formula is C26H25N7. The number of amidine groups is 1. The smallest absolute Gasteiger partial charge is 0.126 e. The Labute approximate surface area is 191 Å². The van der Waals surface area contributed by atoms with E-state index in [4.69, 9.17) is 21.2 Å². The van der Waals surface area contributed by atoms with Gasteiger partial charge in [0.25, 0.3) is 0 Å². The average molecular weight is 436 g/mol. The van der Waals surface area contributed by atoms with Crippen molar-refractivity contribution < 1.29 is 0 Å². The van der Waals surface area contributed by atoms with Gasteiger partial charge in [-0.15, -0.1) is 0 Å². The maximum atomic E-state index is 7.50. The third-order valence-corrected chi connectivity index (χ3v) is 5.71. The quantitative estimate of drug-likeness (QED) is 0.224. The molecule has 7 nitrogen and oxygen atoms in total. The highest BCUT2D eigenvalue weighted by atomic mass is 15.3. The molecule has 0 fully saturated rings. The first-order valence-electron chi connectivity index (χ1n) is 10.8. The van der Waals surface area contributed by atoms with Crippen molar-refractivity contribution in [3.63, 3.8) is 0 Å². The number of nitrogens with two attached hydrogens (primary N) is 1. The number of nitrogens with one attached hydrogen (secondary N) is 3. The van der Waals surface area contributed by atoms with E-state index in [2.05, 4.69) is 47.6 Å². The van der Waals surface area contributed by atoms with E-state index in [1.165, 1.54) is 0 Å². The SMILES string of the molecule is Cc1cc(-c2ccccc2)n(-c2ccc3[nH]c(CNc4ccc(C(=N)N)cc4)nc3c2C)n1. The van der Waals surface area contributed by atoms with Crippen LogP contribution in [-0.2, 0) is 6.54 Å². The lowest BCUT2D eigenvalue weighted by Crippen LogP contribution is -2.10. The topological polar surface area (TPSA) is 108 Å². The van der Waals surface area contributed by atoms with E-state index in [0.717, 1.165) is 50.7 Å². The van der Waals surface area contributed by atoms with Crippen LogP contribution in [0.3, 0.4) is 0 Å². The maximum Gasteiger partial charge on any atom is 0.126 e. The molecule has 0 spiro atoms. The molecule has 5 rings (SSSR count). The van der Waals surface area contributed by atoms with Gasteiger partial charge in [0.05, 0.1) is 34.7 Å². The number of H-pyrrole nitrogens is 1. The summed E-state index contributed by atoms with van der Waals surface area (Å²) in [5.74, 6) is 0.911. The zero-order valence-corrected chi connectivity index (χ0v) is 18.6. The Hall–Kier alpha value is -4.39. The van der Waals surface area contributed by atoms with Crippen molar-refractivity contribution in [2.24, 2.45) is 5.73 Å². The molecule has 0 aliphatic heterocycles. The zero-order chi connectivity index (χ0) is 22.9. The zero-order valence-electron chi connectivity index (χ0n) is 18.6. The van der Waals surface area contributed by atoms with Crippen LogP contribution < -0.4 is 11.1 Å². The van der Waals surface area contributed by atoms with Crippen LogP contribution in [0.15, 0.2) is 72.8 Å². The highest BCUT2D eigenvalue weighted by molar-refractivity contribution is 5.95. The molecule has 0 saturated heterocycles. The minimum atomic E-state index is 0.0629. The molecule has 3 aromatic carbocycles. The third-order valence-electron chi connectivity index (χ3n) is 5.71. The van der Waals surface area contributed by atoms with E-state index in [1.54, 1.807) is 0 Å². The van der Waals surface area contributed by atoms with Gasteiger partial charge in [0.15, 0.2) is 0 Å². The van der Waals surface area contributed by atoms with Crippen LogP contribution in [0.5, 0.6) is 0 Å². The molecule has 0 radical (unpaired) electrons. The predicted molar refractivity (Wildman–Crippen MR) is 133 cm³/mol. The summed E-state index contributed by atoms with van der Waals surface area (Å²) in [6, 6.07) is 24.0. The molecule has 33 heavy (non-hydrogen) atoms. The molecule has 0 unspecified atom stereocenters. The molecule has 0 amide bonds. The third kappa shape index (κ3) is 3.96. The number of fused-ring (bicyclic) bond motifs is 1. The molecule has 5 aromatic rings. The van der Waals surface area contributed by atoms with Crippen molar-refractivity contribution >= 4 is 22.6 Å². The molecule has 2 heterocycles. The highest BCUT2D eigenvalue weighted by Crippen LogP contribution is 2.28. The number of aryl methyl sites for hydroxylation is 2. The lowest BCUT2D eigenvalue weighted by atomic mass is 10.1. The van der Waals surface area contributed by atoms with Gasteiger partial charge in [-0.25, -0.2) is 9.67 Å². The second kappa shape index (κ2) is 8.27. The number of aromatic amines is 1. The fourth-order valence-corrected chi connectivity index (χ4v) is 4.02. The van der Waals surface area contributed by atoms with Crippen LogP contribution >= 0.6 is 0 Å². The van der Waals surface area contributed by atoms with Crippen LogP contribution in [-0.4, -0.2) is 25.6 Å². The minimum absolute atomic E-state index is 0.0629. The van der Waals surface area contributed by atoms with Gasteiger partial charge in [-0.1, -0.05) is 30.3 Å². The van der Waals surface area contributed by atoms with E-state index in [0.29, 0.717) is 12.1 Å². The number of benzene rings is 3. The summed E-state index contributed by atoms with van der Waals surface area (Å²) in [5, 5.41) is 15.6. The molecule has 0 saturated carbocycles. The summed E-state index contributed by atoms with van der Waals surface area (Å²) in [7, 11) is 0. The van der Waals surface area contributed by atoms with Crippen molar-refractivity contribution in [1.82, 2.24) is 19.7 Å². The molecule has 0 atom stereocenters.